The van der Waals surface area contributed by atoms with Crippen LogP contribution in [0.3, 0.4) is 0 Å². The van der Waals surface area contributed by atoms with Gasteiger partial charge >= 0.3 is 0 Å². The highest BCUT2D eigenvalue weighted by molar-refractivity contribution is 7.89. The van der Waals surface area contributed by atoms with E-state index < -0.39 is 16.1 Å². The molecule has 0 saturated carbocycles. The second-order valence-corrected chi connectivity index (χ2v) is 9.30. The van der Waals surface area contributed by atoms with E-state index in [1.165, 1.54) is 16.4 Å². The number of hydrogen-bond acceptors (Lipinski definition) is 4. The Morgan fingerprint density at radius 1 is 1.17 bits per heavy atom. The van der Waals surface area contributed by atoms with Crippen molar-refractivity contribution in [1.29, 1.82) is 0 Å². The lowest BCUT2D eigenvalue weighted by Crippen LogP contribution is -2.46. The zero-order valence-corrected chi connectivity index (χ0v) is 17.9. The Labute approximate surface area is 176 Å². The number of nitrogens with zero attached hydrogens (tertiary/aromatic N) is 1. The largest absolute Gasteiger partial charge is 0.497 e. The van der Waals surface area contributed by atoms with E-state index in [4.69, 9.17) is 16.3 Å². The molecule has 8 heteroatoms. The van der Waals surface area contributed by atoms with E-state index in [-0.39, 0.29) is 10.8 Å². The molecule has 1 amide bonds. The summed E-state index contributed by atoms with van der Waals surface area (Å²) in [5.41, 5.74) is 1.16. The fraction of sp³-hybridized carbons (Fsp3) is 0.381. The van der Waals surface area contributed by atoms with Crippen LogP contribution in [0.5, 0.6) is 5.75 Å². The summed E-state index contributed by atoms with van der Waals surface area (Å²) in [5.74, 6) is 0.569. The van der Waals surface area contributed by atoms with Gasteiger partial charge in [0.15, 0.2) is 0 Å². The van der Waals surface area contributed by atoms with Crippen LogP contribution < -0.4 is 10.1 Å². The molecule has 1 N–H and O–H groups in total. The maximum absolute atomic E-state index is 12.9. The summed E-state index contributed by atoms with van der Waals surface area (Å²) in [6.07, 6.45) is 2.78. The zero-order valence-electron chi connectivity index (χ0n) is 16.3. The van der Waals surface area contributed by atoms with Gasteiger partial charge in [0.25, 0.3) is 0 Å². The quantitative estimate of drug-likeness (QED) is 0.644. The standard InChI is InChI=1S/C21H25ClN2O4S/c1-28-18-10-6-16(7-11-18)4-2-14-23-21(25)20-5-3-15-24(20)29(26,27)19-12-8-17(22)9-13-19/h6-13,20H,2-5,14-15H2,1H3,(H,23,25)/t20-/m1/s1. The number of sulfonamides is 1. The Morgan fingerprint density at radius 3 is 2.52 bits per heavy atom. The summed E-state index contributed by atoms with van der Waals surface area (Å²) in [6.45, 7) is 0.838. The predicted molar refractivity (Wildman–Crippen MR) is 113 cm³/mol. The second kappa shape index (κ2) is 9.61. The van der Waals surface area contributed by atoms with Crippen molar-refractivity contribution in [2.75, 3.05) is 20.2 Å². The molecule has 1 aliphatic heterocycles. The van der Waals surface area contributed by atoms with Gasteiger partial charge in [0.05, 0.1) is 12.0 Å². The highest BCUT2D eigenvalue weighted by Crippen LogP contribution is 2.27. The van der Waals surface area contributed by atoms with Crippen LogP contribution in [-0.4, -0.2) is 44.9 Å². The van der Waals surface area contributed by atoms with Gasteiger partial charge in [-0.2, -0.15) is 4.31 Å². The van der Waals surface area contributed by atoms with Crippen molar-refractivity contribution in [3.05, 3.63) is 59.1 Å². The van der Waals surface area contributed by atoms with Crippen LogP contribution in [0.15, 0.2) is 53.4 Å². The monoisotopic (exact) mass is 436 g/mol. The molecule has 0 bridgehead atoms. The molecule has 0 unspecified atom stereocenters. The average Bonchev–Trinajstić information content (AvgIpc) is 3.23. The normalized spacial score (nSPS) is 17.2. The SMILES string of the molecule is COc1ccc(CCCNC(=O)[C@H]2CCCN2S(=O)(=O)c2ccc(Cl)cc2)cc1. The van der Waals surface area contributed by atoms with Crippen molar-refractivity contribution in [3.8, 4) is 5.75 Å². The summed E-state index contributed by atoms with van der Waals surface area (Å²) < 4.78 is 32.3. The molecule has 2 aromatic rings. The summed E-state index contributed by atoms with van der Waals surface area (Å²) in [7, 11) is -2.10. The highest BCUT2D eigenvalue weighted by Gasteiger charge is 2.39. The number of amides is 1. The van der Waals surface area contributed by atoms with Crippen LogP contribution >= 0.6 is 11.6 Å². The number of carbonyl (C=O) groups is 1. The minimum atomic E-state index is -3.73. The van der Waals surface area contributed by atoms with Gasteiger partial charge < -0.3 is 10.1 Å². The number of aryl methyl sites for hydroxylation is 1. The molecule has 0 spiro atoms. The topological polar surface area (TPSA) is 75.7 Å². The minimum Gasteiger partial charge on any atom is -0.497 e. The summed E-state index contributed by atoms with van der Waals surface area (Å²) in [5, 5.41) is 3.36. The van der Waals surface area contributed by atoms with Crippen LogP contribution in [0.1, 0.15) is 24.8 Å². The Kier molecular flexibility index (Phi) is 7.16. The number of halogens is 1. The van der Waals surface area contributed by atoms with Gasteiger partial charge in [-0.3, -0.25) is 4.79 Å². The van der Waals surface area contributed by atoms with E-state index in [1.54, 1.807) is 19.2 Å². The molecule has 1 atom stereocenters. The molecular formula is C21H25ClN2O4S. The fourth-order valence-corrected chi connectivity index (χ4v) is 5.23. The molecule has 3 rings (SSSR count). The first-order chi connectivity index (χ1) is 13.9. The van der Waals surface area contributed by atoms with Crippen LogP contribution in [0.4, 0.5) is 0 Å². The maximum Gasteiger partial charge on any atom is 0.243 e. The van der Waals surface area contributed by atoms with Gasteiger partial charge in [0.1, 0.15) is 11.8 Å². The minimum absolute atomic E-state index is 0.154. The van der Waals surface area contributed by atoms with E-state index in [9.17, 15) is 13.2 Å². The molecular weight excluding hydrogens is 412 g/mol. The first kappa shape index (κ1) is 21.6. The third-order valence-corrected chi connectivity index (χ3v) is 7.20. The first-order valence-corrected chi connectivity index (χ1v) is 11.4. The van der Waals surface area contributed by atoms with Crippen molar-refractivity contribution >= 4 is 27.5 Å². The molecule has 2 aromatic carbocycles. The van der Waals surface area contributed by atoms with Crippen LogP contribution in [0.25, 0.3) is 0 Å². The van der Waals surface area contributed by atoms with Crippen molar-refractivity contribution in [2.24, 2.45) is 0 Å². The zero-order chi connectivity index (χ0) is 20.9. The van der Waals surface area contributed by atoms with Crippen LogP contribution in [0.2, 0.25) is 5.02 Å². The summed E-state index contributed by atoms with van der Waals surface area (Å²) in [4.78, 5) is 12.8. The Hall–Kier alpha value is -2.09. The van der Waals surface area contributed by atoms with Gasteiger partial charge in [-0.25, -0.2) is 8.42 Å². The number of ether oxygens (including phenoxy) is 1. The van der Waals surface area contributed by atoms with Gasteiger partial charge in [0.2, 0.25) is 15.9 Å². The van der Waals surface area contributed by atoms with E-state index in [2.05, 4.69) is 5.32 Å². The molecule has 1 fully saturated rings. The number of hydrogen-bond donors (Lipinski definition) is 1. The Morgan fingerprint density at radius 2 is 1.86 bits per heavy atom. The fourth-order valence-electron chi connectivity index (χ4n) is 3.45. The molecule has 0 aliphatic carbocycles. The average molecular weight is 437 g/mol. The van der Waals surface area contributed by atoms with E-state index in [0.717, 1.165) is 24.2 Å². The van der Waals surface area contributed by atoms with E-state index in [1.807, 2.05) is 24.3 Å². The molecule has 1 aliphatic rings. The van der Waals surface area contributed by atoms with Crippen LogP contribution in [0, 0.1) is 0 Å². The van der Waals surface area contributed by atoms with Gasteiger partial charge in [-0.15, -0.1) is 0 Å². The summed E-state index contributed by atoms with van der Waals surface area (Å²) in [6, 6.07) is 13.2. The third kappa shape index (κ3) is 5.29. The smallest absolute Gasteiger partial charge is 0.243 e. The Balaban J connectivity index is 1.54. The molecule has 6 nitrogen and oxygen atoms in total. The molecule has 1 heterocycles. The lowest BCUT2D eigenvalue weighted by Gasteiger charge is -2.23. The molecule has 0 radical (unpaired) electrons. The molecule has 1 saturated heterocycles. The molecule has 156 valence electrons. The summed E-state index contributed by atoms with van der Waals surface area (Å²) >= 11 is 5.85. The van der Waals surface area contributed by atoms with Gasteiger partial charge in [0, 0.05) is 18.1 Å². The van der Waals surface area contributed by atoms with E-state index >= 15 is 0 Å². The lowest BCUT2D eigenvalue weighted by atomic mass is 10.1. The predicted octanol–water partition coefficient (Wildman–Crippen LogP) is 3.25. The van der Waals surface area contributed by atoms with E-state index in [0.29, 0.717) is 31.0 Å². The van der Waals surface area contributed by atoms with Gasteiger partial charge in [-0.1, -0.05) is 23.7 Å². The molecule has 0 aromatic heterocycles. The second-order valence-electron chi connectivity index (χ2n) is 6.97. The van der Waals surface area contributed by atoms with Crippen LogP contribution in [-0.2, 0) is 21.2 Å². The molecule has 29 heavy (non-hydrogen) atoms. The maximum atomic E-state index is 12.9. The van der Waals surface area contributed by atoms with Gasteiger partial charge in [-0.05, 0) is 67.6 Å². The van der Waals surface area contributed by atoms with Crippen molar-refractivity contribution in [3.63, 3.8) is 0 Å². The number of methoxy groups -OCH3 is 1. The number of carbonyl (C=O) groups excluding carboxylic acids is 1. The number of nitrogens with one attached hydrogen (secondary N) is 1. The highest BCUT2D eigenvalue weighted by atomic mass is 35.5. The van der Waals surface area contributed by atoms with Crippen molar-refractivity contribution in [1.82, 2.24) is 9.62 Å². The number of rotatable bonds is 8. The van der Waals surface area contributed by atoms with Crippen molar-refractivity contribution < 1.29 is 17.9 Å². The lowest BCUT2D eigenvalue weighted by molar-refractivity contribution is -0.124. The van der Waals surface area contributed by atoms with Crippen molar-refractivity contribution in [2.45, 2.75) is 36.6 Å². The number of benzene rings is 2. The first-order valence-electron chi connectivity index (χ1n) is 9.60. The Bertz CT molecular complexity index is 930. The third-order valence-electron chi connectivity index (χ3n) is 5.03.